The lowest BCUT2D eigenvalue weighted by atomic mass is 10.1. The minimum atomic E-state index is 0.100. The van der Waals surface area contributed by atoms with Crippen LogP contribution in [-0.4, -0.2) is 18.4 Å². The van der Waals surface area contributed by atoms with Gasteiger partial charge in [0, 0.05) is 28.9 Å². The third-order valence-electron chi connectivity index (χ3n) is 3.33. The van der Waals surface area contributed by atoms with Crippen LogP contribution in [0, 0.1) is 11.3 Å². The molecule has 0 spiro atoms. The average molecular weight is 266 g/mol. The van der Waals surface area contributed by atoms with Crippen LogP contribution in [0.15, 0.2) is 18.2 Å². The molecule has 0 unspecified atom stereocenters. The number of nitrogens with zero attached hydrogens (tertiary/aromatic N) is 1. The van der Waals surface area contributed by atoms with Crippen molar-refractivity contribution < 1.29 is 0 Å². The summed E-state index contributed by atoms with van der Waals surface area (Å²) < 4.78 is 0. The molecule has 1 saturated carbocycles. The van der Waals surface area contributed by atoms with Gasteiger partial charge in [0.05, 0.1) is 0 Å². The van der Waals surface area contributed by atoms with E-state index in [0.29, 0.717) is 11.1 Å². The highest BCUT2D eigenvalue weighted by atomic mass is 35.5. The molecule has 98 valence electrons. The zero-order valence-electron chi connectivity index (χ0n) is 10.9. The molecule has 0 bridgehead atoms. The maximum absolute atomic E-state index is 7.69. The average Bonchev–Trinajstić information content (AvgIpc) is 3.08. The van der Waals surface area contributed by atoms with Gasteiger partial charge in [-0.1, -0.05) is 11.6 Å². The molecule has 0 aromatic heterocycles. The summed E-state index contributed by atoms with van der Waals surface area (Å²) in [6.07, 6.45) is 2.61. The van der Waals surface area contributed by atoms with E-state index in [1.165, 1.54) is 12.8 Å². The number of amidine groups is 1. The van der Waals surface area contributed by atoms with Gasteiger partial charge in [-0.15, -0.1) is 0 Å². The van der Waals surface area contributed by atoms with Gasteiger partial charge in [0.25, 0.3) is 0 Å². The molecule has 1 fully saturated rings. The molecular formula is C14H20ClN3. The van der Waals surface area contributed by atoms with Gasteiger partial charge < -0.3 is 10.6 Å². The van der Waals surface area contributed by atoms with Crippen LogP contribution in [0.4, 0.5) is 5.69 Å². The molecule has 2 rings (SSSR count). The second-order valence-electron chi connectivity index (χ2n) is 5.26. The number of nitrogen functional groups attached to an aromatic ring is 1. The minimum Gasteiger partial charge on any atom is -0.384 e. The Balaban J connectivity index is 2.37. The monoisotopic (exact) mass is 265 g/mol. The first-order valence-electron chi connectivity index (χ1n) is 6.39. The highest BCUT2D eigenvalue weighted by Gasteiger charge is 2.27. The molecule has 0 atom stereocenters. The highest BCUT2D eigenvalue weighted by molar-refractivity contribution is 6.31. The van der Waals surface area contributed by atoms with E-state index in [1.54, 1.807) is 6.07 Å². The summed E-state index contributed by atoms with van der Waals surface area (Å²) in [7, 11) is 0. The Morgan fingerprint density at radius 3 is 2.67 bits per heavy atom. The van der Waals surface area contributed by atoms with E-state index in [-0.39, 0.29) is 5.84 Å². The minimum absolute atomic E-state index is 0.100. The lowest BCUT2D eigenvalue weighted by molar-refractivity contribution is 0.644. The molecule has 0 aliphatic heterocycles. The SMILES string of the molecule is CC(C)N(CC1CC1)c1cc(Cl)ccc1C(=N)N. The Kier molecular flexibility index (Phi) is 3.81. The van der Waals surface area contributed by atoms with Crippen LogP contribution < -0.4 is 10.6 Å². The van der Waals surface area contributed by atoms with Crippen LogP contribution in [0.5, 0.6) is 0 Å². The number of rotatable bonds is 5. The third-order valence-corrected chi connectivity index (χ3v) is 3.57. The van der Waals surface area contributed by atoms with E-state index in [4.69, 9.17) is 22.7 Å². The van der Waals surface area contributed by atoms with Crippen molar-refractivity contribution in [3.63, 3.8) is 0 Å². The normalized spacial score (nSPS) is 14.9. The summed E-state index contributed by atoms with van der Waals surface area (Å²) >= 11 is 6.08. The summed E-state index contributed by atoms with van der Waals surface area (Å²) in [5, 5.41) is 8.38. The van der Waals surface area contributed by atoms with Crippen LogP contribution in [0.3, 0.4) is 0 Å². The highest BCUT2D eigenvalue weighted by Crippen LogP contribution is 2.34. The fraction of sp³-hybridized carbons (Fsp3) is 0.500. The summed E-state index contributed by atoms with van der Waals surface area (Å²) in [6, 6.07) is 5.92. The van der Waals surface area contributed by atoms with Crippen molar-refractivity contribution in [2.75, 3.05) is 11.4 Å². The van der Waals surface area contributed by atoms with Crippen molar-refractivity contribution >= 4 is 23.1 Å². The zero-order chi connectivity index (χ0) is 13.3. The number of halogens is 1. The standard InChI is InChI=1S/C14H20ClN3/c1-9(2)18(8-10-3-4-10)13-7-11(15)5-6-12(13)14(16)17/h5-7,9-10H,3-4,8H2,1-2H3,(H3,16,17). The Bertz CT molecular complexity index is 452. The van der Waals surface area contributed by atoms with Gasteiger partial charge in [0.2, 0.25) is 0 Å². The first-order valence-corrected chi connectivity index (χ1v) is 6.77. The third kappa shape index (κ3) is 2.96. The summed E-state index contributed by atoms with van der Waals surface area (Å²) in [4.78, 5) is 2.31. The molecule has 18 heavy (non-hydrogen) atoms. The number of anilines is 1. The zero-order valence-corrected chi connectivity index (χ0v) is 11.7. The Labute approximate surface area is 113 Å². The molecular weight excluding hydrogens is 246 g/mol. The van der Waals surface area contributed by atoms with Gasteiger partial charge >= 0.3 is 0 Å². The van der Waals surface area contributed by atoms with Crippen molar-refractivity contribution in [1.29, 1.82) is 5.41 Å². The molecule has 4 heteroatoms. The number of nitrogens with one attached hydrogen (secondary N) is 1. The molecule has 1 aliphatic carbocycles. The van der Waals surface area contributed by atoms with Crippen molar-refractivity contribution in [3.8, 4) is 0 Å². The smallest absolute Gasteiger partial charge is 0.124 e. The van der Waals surface area contributed by atoms with Gasteiger partial charge in [-0.3, -0.25) is 5.41 Å². The van der Waals surface area contributed by atoms with Gasteiger partial charge in [-0.05, 0) is 50.8 Å². The second-order valence-corrected chi connectivity index (χ2v) is 5.70. The maximum Gasteiger partial charge on any atom is 0.124 e. The molecule has 3 N–H and O–H groups in total. The number of nitrogens with two attached hydrogens (primary N) is 1. The Morgan fingerprint density at radius 1 is 1.50 bits per heavy atom. The number of hydrogen-bond acceptors (Lipinski definition) is 2. The first kappa shape index (κ1) is 13.2. The summed E-state index contributed by atoms with van der Waals surface area (Å²) in [5.41, 5.74) is 7.42. The lowest BCUT2D eigenvalue weighted by Gasteiger charge is -2.31. The van der Waals surface area contributed by atoms with Crippen LogP contribution in [0.25, 0.3) is 0 Å². The molecule has 3 nitrogen and oxygen atoms in total. The van der Waals surface area contributed by atoms with E-state index < -0.39 is 0 Å². The fourth-order valence-corrected chi connectivity index (χ4v) is 2.30. The molecule has 0 radical (unpaired) electrons. The number of hydrogen-bond donors (Lipinski definition) is 2. The fourth-order valence-electron chi connectivity index (χ4n) is 2.14. The van der Waals surface area contributed by atoms with Gasteiger partial charge in [0.15, 0.2) is 0 Å². The topological polar surface area (TPSA) is 53.1 Å². The first-order chi connectivity index (χ1) is 8.49. The predicted octanol–water partition coefficient (Wildman–Crippen LogP) is 3.25. The summed E-state index contributed by atoms with van der Waals surface area (Å²) in [6.45, 7) is 5.35. The molecule has 1 aromatic carbocycles. The van der Waals surface area contributed by atoms with E-state index in [0.717, 1.165) is 23.7 Å². The van der Waals surface area contributed by atoms with E-state index in [9.17, 15) is 0 Å². The Hall–Kier alpha value is -1.22. The summed E-state index contributed by atoms with van der Waals surface area (Å²) in [5.74, 6) is 0.884. The predicted molar refractivity (Wildman–Crippen MR) is 77.7 cm³/mol. The second kappa shape index (κ2) is 5.19. The molecule has 0 saturated heterocycles. The van der Waals surface area contributed by atoms with Crippen LogP contribution >= 0.6 is 11.6 Å². The van der Waals surface area contributed by atoms with Gasteiger partial charge in [-0.25, -0.2) is 0 Å². The molecule has 1 aromatic rings. The number of benzene rings is 1. The molecule has 0 heterocycles. The Morgan fingerprint density at radius 2 is 2.17 bits per heavy atom. The van der Waals surface area contributed by atoms with Gasteiger partial charge in [-0.2, -0.15) is 0 Å². The van der Waals surface area contributed by atoms with Crippen LogP contribution in [-0.2, 0) is 0 Å². The van der Waals surface area contributed by atoms with Crippen molar-refractivity contribution in [2.45, 2.75) is 32.7 Å². The van der Waals surface area contributed by atoms with E-state index in [1.807, 2.05) is 12.1 Å². The van der Waals surface area contributed by atoms with Crippen molar-refractivity contribution in [1.82, 2.24) is 0 Å². The van der Waals surface area contributed by atoms with E-state index in [2.05, 4.69) is 18.7 Å². The molecule has 0 amide bonds. The van der Waals surface area contributed by atoms with Gasteiger partial charge in [0.1, 0.15) is 5.84 Å². The van der Waals surface area contributed by atoms with Crippen molar-refractivity contribution in [2.24, 2.45) is 11.7 Å². The van der Waals surface area contributed by atoms with Crippen LogP contribution in [0.2, 0.25) is 5.02 Å². The van der Waals surface area contributed by atoms with E-state index >= 15 is 0 Å². The quantitative estimate of drug-likeness (QED) is 0.634. The molecule has 1 aliphatic rings. The van der Waals surface area contributed by atoms with Crippen LogP contribution in [0.1, 0.15) is 32.3 Å². The van der Waals surface area contributed by atoms with Crippen molar-refractivity contribution in [3.05, 3.63) is 28.8 Å². The maximum atomic E-state index is 7.69. The largest absolute Gasteiger partial charge is 0.384 e. The lowest BCUT2D eigenvalue weighted by Crippen LogP contribution is -2.34.